The van der Waals surface area contributed by atoms with E-state index in [1.165, 1.54) is 6.07 Å². The highest BCUT2D eigenvalue weighted by molar-refractivity contribution is 6.14. The van der Waals surface area contributed by atoms with Crippen molar-refractivity contribution in [2.24, 2.45) is 0 Å². The van der Waals surface area contributed by atoms with Crippen molar-refractivity contribution < 1.29 is 23.0 Å². The molecule has 4 rings (SSSR count). The molecule has 0 amide bonds. The smallest absolute Gasteiger partial charge is 0.387 e. The number of hydrogen-bond acceptors (Lipinski definition) is 3. The van der Waals surface area contributed by atoms with Gasteiger partial charge in [-0.3, -0.25) is 4.79 Å². The van der Waals surface area contributed by atoms with Crippen LogP contribution in [0.2, 0.25) is 0 Å². The van der Waals surface area contributed by atoms with Crippen LogP contribution in [-0.4, -0.2) is 12.4 Å². The molecule has 1 heterocycles. The third-order valence-electron chi connectivity index (χ3n) is 4.47. The minimum Gasteiger partial charge on any atom is -0.480 e. The highest BCUT2D eigenvalue weighted by Gasteiger charge is 2.33. The summed E-state index contributed by atoms with van der Waals surface area (Å²) in [5.74, 6) is 0.293. The molecule has 1 aliphatic rings. The molecule has 3 aromatic rings. The average Bonchev–Trinajstić information content (AvgIpc) is 2.71. The van der Waals surface area contributed by atoms with Gasteiger partial charge >= 0.3 is 6.61 Å². The Morgan fingerprint density at radius 1 is 0.893 bits per heavy atom. The van der Waals surface area contributed by atoms with Gasteiger partial charge in [-0.1, -0.05) is 60.7 Å². The lowest BCUT2D eigenvalue weighted by Gasteiger charge is -2.28. The quantitative estimate of drug-likeness (QED) is 0.547. The molecule has 5 heteroatoms. The number of Topliss-reactive ketones (excluding diaryl/α,β-unsaturated/α-hetero) is 1. The Hall–Kier alpha value is -3.47. The van der Waals surface area contributed by atoms with Crippen LogP contribution in [0.15, 0.2) is 84.4 Å². The number of para-hydroxylation sites is 2. The van der Waals surface area contributed by atoms with E-state index in [1.807, 2.05) is 30.3 Å². The van der Waals surface area contributed by atoms with Crippen LogP contribution in [-0.2, 0) is 0 Å². The van der Waals surface area contributed by atoms with E-state index in [1.54, 1.807) is 48.5 Å². The number of alkyl halides is 2. The number of carbonyl (C=O) groups excluding carboxylic acids is 1. The molecular weight excluding hydrogens is 362 g/mol. The predicted molar refractivity (Wildman–Crippen MR) is 102 cm³/mol. The van der Waals surface area contributed by atoms with Gasteiger partial charge in [-0.15, -0.1) is 0 Å². The van der Waals surface area contributed by atoms with Crippen LogP contribution in [0.25, 0.3) is 6.08 Å². The van der Waals surface area contributed by atoms with E-state index in [-0.39, 0.29) is 11.5 Å². The Labute approximate surface area is 160 Å². The van der Waals surface area contributed by atoms with Gasteiger partial charge in [-0.05, 0) is 29.8 Å². The molecule has 0 radical (unpaired) electrons. The van der Waals surface area contributed by atoms with Crippen LogP contribution >= 0.6 is 0 Å². The van der Waals surface area contributed by atoms with Crippen LogP contribution < -0.4 is 9.47 Å². The lowest BCUT2D eigenvalue weighted by atomic mass is 9.89. The maximum absolute atomic E-state index is 13.2. The fraction of sp³-hybridized carbons (Fsp3) is 0.0870. The van der Waals surface area contributed by atoms with Crippen molar-refractivity contribution in [1.82, 2.24) is 0 Å². The minimum atomic E-state index is -2.96. The van der Waals surface area contributed by atoms with Crippen molar-refractivity contribution in [2.75, 3.05) is 0 Å². The van der Waals surface area contributed by atoms with Gasteiger partial charge in [0.25, 0.3) is 0 Å². The Kier molecular flexibility index (Phi) is 4.89. The summed E-state index contributed by atoms with van der Waals surface area (Å²) in [4.78, 5) is 13.2. The average molecular weight is 378 g/mol. The molecule has 0 aromatic heterocycles. The third kappa shape index (κ3) is 3.51. The van der Waals surface area contributed by atoms with Gasteiger partial charge in [-0.2, -0.15) is 8.78 Å². The van der Waals surface area contributed by atoms with Gasteiger partial charge < -0.3 is 9.47 Å². The second-order valence-electron chi connectivity index (χ2n) is 6.25. The Bertz CT molecular complexity index is 1030. The fourth-order valence-electron chi connectivity index (χ4n) is 3.21. The Morgan fingerprint density at radius 2 is 1.57 bits per heavy atom. The summed E-state index contributed by atoms with van der Waals surface area (Å²) >= 11 is 0. The normalized spacial score (nSPS) is 17.3. The number of benzene rings is 3. The third-order valence-corrected chi connectivity index (χ3v) is 4.47. The molecule has 0 aliphatic carbocycles. The molecule has 0 bridgehead atoms. The summed E-state index contributed by atoms with van der Waals surface area (Å²) in [7, 11) is 0. The lowest BCUT2D eigenvalue weighted by molar-refractivity contribution is -0.0499. The van der Waals surface area contributed by atoms with Gasteiger partial charge in [0.2, 0.25) is 0 Å². The van der Waals surface area contributed by atoms with Crippen molar-refractivity contribution >= 4 is 11.9 Å². The summed E-state index contributed by atoms with van der Waals surface area (Å²) in [6, 6.07) is 22.7. The number of ether oxygens (including phenoxy) is 2. The van der Waals surface area contributed by atoms with E-state index in [0.717, 1.165) is 5.56 Å². The number of hydrogen-bond donors (Lipinski definition) is 0. The number of rotatable bonds is 4. The van der Waals surface area contributed by atoms with E-state index in [2.05, 4.69) is 4.74 Å². The first kappa shape index (κ1) is 17.9. The second-order valence-corrected chi connectivity index (χ2v) is 6.25. The van der Waals surface area contributed by atoms with Crippen molar-refractivity contribution in [3.8, 4) is 11.5 Å². The molecule has 0 spiro atoms. The standard InChI is InChI=1S/C23H16F2O3/c24-23(25)28-19-12-6-4-10-16(19)14-18-21(26)17-11-5-7-13-20(17)27-22(18)15-8-2-1-3-9-15/h1-14,22-23H/b18-14-. The van der Waals surface area contributed by atoms with Crippen molar-refractivity contribution in [2.45, 2.75) is 12.7 Å². The molecule has 1 aliphatic heterocycles. The van der Waals surface area contributed by atoms with Crippen molar-refractivity contribution in [3.63, 3.8) is 0 Å². The van der Waals surface area contributed by atoms with Crippen LogP contribution in [0.1, 0.15) is 27.6 Å². The summed E-state index contributed by atoms with van der Waals surface area (Å²) in [5.41, 5.74) is 1.97. The largest absolute Gasteiger partial charge is 0.480 e. The van der Waals surface area contributed by atoms with E-state index < -0.39 is 12.7 Å². The first-order chi connectivity index (χ1) is 13.6. The monoisotopic (exact) mass is 378 g/mol. The predicted octanol–water partition coefficient (Wildman–Crippen LogP) is 5.69. The zero-order valence-electron chi connectivity index (χ0n) is 14.7. The van der Waals surface area contributed by atoms with Crippen molar-refractivity contribution in [1.29, 1.82) is 0 Å². The Balaban J connectivity index is 1.85. The molecule has 28 heavy (non-hydrogen) atoms. The molecule has 3 aromatic carbocycles. The van der Waals surface area contributed by atoms with E-state index in [0.29, 0.717) is 22.4 Å². The summed E-state index contributed by atoms with van der Waals surface area (Å²) < 4.78 is 36.2. The lowest BCUT2D eigenvalue weighted by Crippen LogP contribution is -2.23. The fourth-order valence-corrected chi connectivity index (χ4v) is 3.21. The van der Waals surface area contributed by atoms with Gasteiger partial charge in [0.1, 0.15) is 11.5 Å². The molecule has 1 unspecified atom stereocenters. The SMILES string of the molecule is O=C1/C(=C/c2ccccc2OC(F)F)C(c2ccccc2)Oc2ccccc21. The molecular formula is C23H16F2O3. The maximum atomic E-state index is 13.2. The number of carbonyl (C=O) groups is 1. The first-order valence-electron chi connectivity index (χ1n) is 8.74. The molecule has 140 valence electrons. The van der Waals surface area contributed by atoms with Crippen molar-refractivity contribution in [3.05, 3.63) is 101 Å². The summed E-state index contributed by atoms with van der Waals surface area (Å²) in [6.45, 7) is -2.96. The van der Waals surface area contributed by atoms with Crippen LogP contribution in [0.4, 0.5) is 8.78 Å². The molecule has 1 atom stereocenters. The molecule has 0 saturated carbocycles. The van der Waals surface area contributed by atoms with Gasteiger partial charge in [0.05, 0.1) is 5.56 Å². The van der Waals surface area contributed by atoms with Crippen LogP contribution in [0.5, 0.6) is 11.5 Å². The van der Waals surface area contributed by atoms with E-state index >= 15 is 0 Å². The number of halogens is 2. The Morgan fingerprint density at radius 3 is 2.36 bits per heavy atom. The van der Waals surface area contributed by atoms with Gasteiger partial charge in [0.15, 0.2) is 11.9 Å². The highest BCUT2D eigenvalue weighted by Crippen LogP contribution is 2.39. The van der Waals surface area contributed by atoms with Gasteiger partial charge in [-0.25, -0.2) is 0 Å². The highest BCUT2D eigenvalue weighted by atomic mass is 19.3. The number of ketones is 1. The van der Waals surface area contributed by atoms with Gasteiger partial charge in [0, 0.05) is 11.1 Å². The van der Waals surface area contributed by atoms with Crippen LogP contribution in [0.3, 0.4) is 0 Å². The molecule has 0 N–H and O–H groups in total. The van der Waals surface area contributed by atoms with Crippen LogP contribution in [0, 0.1) is 0 Å². The molecule has 3 nitrogen and oxygen atoms in total. The zero-order chi connectivity index (χ0) is 19.5. The zero-order valence-corrected chi connectivity index (χ0v) is 14.7. The molecule has 0 saturated heterocycles. The number of fused-ring (bicyclic) bond motifs is 1. The second kappa shape index (κ2) is 7.64. The summed E-state index contributed by atoms with van der Waals surface area (Å²) in [5, 5.41) is 0. The molecule has 0 fully saturated rings. The topological polar surface area (TPSA) is 35.5 Å². The summed E-state index contributed by atoms with van der Waals surface area (Å²) in [6.07, 6.45) is 0.913. The maximum Gasteiger partial charge on any atom is 0.387 e. The van der Waals surface area contributed by atoms with E-state index in [4.69, 9.17) is 4.74 Å². The first-order valence-corrected chi connectivity index (χ1v) is 8.74. The van der Waals surface area contributed by atoms with E-state index in [9.17, 15) is 13.6 Å². The minimum absolute atomic E-state index is 0.00321.